The highest BCUT2D eigenvalue weighted by Crippen LogP contribution is 2.25. The van der Waals surface area contributed by atoms with E-state index >= 15 is 0 Å². The molecule has 1 saturated carbocycles. The van der Waals surface area contributed by atoms with Crippen LogP contribution in [0, 0.1) is 0 Å². The summed E-state index contributed by atoms with van der Waals surface area (Å²) in [6.07, 6.45) is 2.63. The van der Waals surface area contributed by atoms with Crippen LogP contribution in [-0.2, 0) is 4.79 Å². The molecule has 0 spiro atoms. The summed E-state index contributed by atoms with van der Waals surface area (Å²) in [4.78, 5) is 11.6. The third-order valence-electron chi connectivity index (χ3n) is 3.06. The highest BCUT2D eigenvalue weighted by atomic mass is 16.4. The van der Waals surface area contributed by atoms with Crippen molar-refractivity contribution in [1.82, 2.24) is 5.32 Å². The Morgan fingerprint density at radius 2 is 2.18 bits per heavy atom. The van der Waals surface area contributed by atoms with Crippen LogP contribution in [0.5, 0.6) is 0 Å². The normalized spacial score (nSPS) is 34.5. The molecule has 0 aromatic carbocycles. The third kappa shape index (κ3) is 3.35. The molecular formula is C12H21NO4. The molecule has 5 nitrogen and oxygen atoms in total. The molecule has 3 atom stereocenters. The molecule has 0 aromatic rings. The minimum Gasteiger partial charge on any atom is -0.390 e. The van der Waals surface area contributed by atoms with Crippen LogP contribution in [0.15, 0.2) is 12.2 Å². The first-order valence-corrected chi connectivity index (χ1v) is 6.00. The minimum atomic E-state index is -1.86. The Morgan fingerprint density at radius 3 is 2.82 bits per heavy atom. The molecule has 1 fully saturated rings. The van der Waals surface area contributed by atoms with E-state index in [1.165, 1.54) is 0 Å². The number of aliphatic hydroxyl groups excluding tert-OH is 2. The van der Waals surface area contributed by atoms with E-state index in [1.807, 2.05) is 19.1 Å². The van der Waals surface area contributed by atoms with Gasteiger partial charge in [-0.05, 0) is 12.8 Å². The Hall–Kier alpha value is -0.750. The van der Waals surface area contributed by atoms with E-state index in [0.717, 1.165) is 6.42 Å². The number of ketones is 1. The van der Waals surface area contributed by atoms with Gasteiger partial charge in [0.1, 0.15) is 6.10 Å². The molecule has 1 aliphatic carbocycles. The van der Waals surface area contributed by atoms with Gasteiger partial charge in [0.2, 0.25) is 0 Å². The number of allylic oxidation sites excluding steroid dienone is 1. The first-order chi connectivity index (χ1) is 8.02. The van der Waals surface area contributed by atoms with Gasteiger partial charge in [0.15, 0.2) is 11.4 Å². The van der Waals surface area contributed by atoms with E-state index in [0.29, 0.717) is 6.54 Å². The summed E-state index contributed by atoms with van der Waals surface area (Å²) in [7, 11) is 0. The van der Waals surface area contributed by atoms with E-state index in [4.69, 9.17) is 0 Å². The molecule has 1 rings (SSSR count). The van der Waals surface area contributed by atoms with Crippen molar-refractivity contribution >= 4 is 5.78 Å². The zero-order valence-corrected chi connectivity index (χ0v) is 10.1. The third-order valence-corrected chi connectivity index (χ3v) is 3.06. The van der Waals surface area contributed by atoms with Crippen LogP contribution in [0.1, 0.15) is 26.2 Å². The van der Waals surface area contributed by atoms with E-state index in [-0.39, 0.29) is 19.4 Å². The minimum absolute atomic E-state index is 0.0435. The highest BCUT2D eigenvalue weighted by Gasteiger charge is 2.48. The summed E-state index contributed by atoms with van der Waals surface area (Å²) in [6.45, 7) is 2.49. The molecule has 0 aliphatic heterocycles. The standard InChI is InChI=1S/C12H21NO4/c1-2-3-4-7-13-8-12(17)10(15)6-5-9(14)11(12)16/h3-4,9,11,13-14,16-17H,2,5-8H2,1H3/b4-3-/t9-,11+,12-/m0/s1. The van der Waals surface area contributed by atoms with Gasteiger partial charge in [0, 0.05) is 19.5 Å². The van der Waals surface area contributed by atoms with Crippen molar-refractivity contribution in [2.75, 3.05) is 13.1 Å². The van der Waals surface area contributed by atoms with Gasteiger partial charge < -0.3 is 20.6 Å². The number of rotatable bonds is 5. The van der Waals surface area contributed by atoms with Crippen molar-refractivity contribution in [1.29, 1.82) is 0 Å². The Balaban J connectivity index is 2.52. The lowest BCUT2D eigenvalue weighted by molar-refractivity contribution is -0.171. The number of carbonyl (C=O) groups is 1. The average molecular weight is 243 g/mol. The van der Waals surface area contributed by atoms with Gasteiger partial charge in [0.25, 0.3) is 0 Å². The maximum Gasteiger partial charge on any atom is 0.168 e. The molecule has 0 radical (unpaired) electrons. The molecule has 0 unspecified atom stereocenters. The second kappa shape index (κ2) is 6.26. The van der Waals surface area contributed by atoms with Crippen molar-refractivity contribution < 1.29 is 20.1 Å². The van der Waals surface area contributed by atoms with Gasteiger partial charge in [-0.15, -0.1) is 0 Å². The smallest absolute Gasteiger partial charge is 0.168 e. The predicted octanol–water partition coefficient (Wildman–Crippen LogP) is -0.642. The van der Waals surface area contributed by atoms with Crippen LogP contribution in [0.3, 0.4) is 0 Å². The maximum absolute atomic E-state index is 11.6. The second-order valence-corrected chi connectivity index (χ2v) is 4.41. The van der Waals surface area contributed by atoms with Crippen LogP contribution in [-0.4, -0.2) is 52.0 Å². The maximum atomic E-state index is 11.6. The van der Waals surface area contributed by atoms with Gasteiger partial charge in [-0.3, -0.25) is 4.79 Å². The molecule has 4 N–H and O–H groups in total. The number of hydrogen-bond donors (Lipinski definition) is 4. The zero-order valence-electron chi connectivity index (χ0n) is 10.1. The Labute approximate surface area is 101 Å². The molecule has 0 heterocycles. The van der Waals surface area contributed by atoms with E-state index in [9.17, 15) is 20.1 Å². The fourth-order valence-corrected chi connectivity index (χ4v) is 1.94. The number of hydrogen-bond acceptors (Lipinski definition) is 5. The van der Waals surface area contributed by atoms with Crippen LogP contribution in [0.2, 0.25) is 0 Å². The van der Waals surface area contributed by atoms with E-state index in [1.54, 1.807) is 0 Å². The Kier molecular flexibility index (Phi) is 5.27. The summed E-state index contributed by atoms with van der Waals surface area (Å²) in [6, 6.07) is 0. The van der Waals surface area contributed by atoms with Gasteiger partial charge in [-0.1, -0.05) is 19.1 Å². The number of aliphatic hydroxyl groups is 3. The van der Waals surface area contributed by atoms with Crippen LogP contribution in [0.4, 0.5) is 0 Å². The molecule has 0 aromatic heterocycles. The lowest BCUT2D eigenvalue weighted by atomic mass is 9.79. The van der Waals surface area contributed by atoms with Gasteiger partial charge in [-0.25, -0.2) is 0 Å². The van der Waals surface area contributed by atoms with Crippen molar-refractivity contribution in [3.63, 3.8) is 0 Å². The molecular weight excluding hydrogens is 222 g/mol. The molecule has 0 amide bonds. The second-order valence-electron chi connectivity index (χ2n) is 4.41. The molecule has 1 aliphatic rings. The summed E-state index contributed by atoms with van der Waals surface area (Å²) >= 11 is 0. The molecule has 0 saturated heterocycles. The van der Waals surface area contributed by atoms with Crippen molar-refractivity contribution in [3.8, 4) is 0 Å². The van der Waals surface area contributed by atoms with Crippen molar-refractivity contribution in [2.45, 2.75) is 44.0 Å². The van der Waals surface area contributed by atoms with Crippen molar-refractivity contribution in [3.05, 3.63) is 12.2 Å². The fraction of sp³-hybridized carbons (Fsp3) is 0.750. The first kappa shape index (κ1) is 14.3. The van der Waals surface area contributed by atoms with Gasteiger partial charge in [0.05, 0.1) is 6.10 Å². The number of Topliss-reactive ketones (excluding diaryl/α,β-unsaturated/α-hetero) is 1. The average Bonchev–Trinajstić information content (AvgIpc) is 2.32. The summed E-state index contributed by atoms with van der Waals surface area (Å²) in [5, 5.41) is 32.1. The quantitative estimate of drug-likeness (QED) is 0.381. The van der Waals surface area contributed by atoms with Gasteiger partial charge >= 0.3 is 0 Å². The molecule has 17 heavy (non-hydrogen) atoms. The predicted molar refractivity (Wildman–Crippen MR) is 63.5 cm³/mol. The Morgan fingerprint density at radius 1 is 1.47 bits per heavy atom. The fourth-order valence-electron chi connectivity index (χ4n) is 1.94. The summed E-state index contributed by atoms with van der Waals surface area (Å²) in [5.74, 6) is -0.415. The highest BCUT2D eigenvalue weighted by molar-refractivity contribution is 5.89. The van der Waals surface area contributed by atoms with Crippen LogP contribution < -0.4 is 5.32 Å². The summed E-state index contributed by atoms with van der Waals surface area (Å²) in [5.41, 5.74) is -1.86. The largest absolute Gasteiger partial charge is 0.390 e. The van der Waals surface area contributed by atoms with Crippen molar-refractivity contribution in [2.24, 2.45) is 0 Å². The zero-order chi connectivity index (χ0) is 12.9. The van der Waals surface area contributed by atoms with E-state index < -0.39 is 23.6 Å². The molecule has 5 heteroatoms. The molecule has 98 valence electrons. The van der Waals surface area contributed by atoms with Crippen LogP contribution in [0.25, 0.3) is 0 Å². The lowest BCUT2D eigenvalue weighted by Gasteiger charge is -2.38. The number of carbonyl (C=O) groups excluding carboxylic acids is 1. The van der Waals surface area contributed by atoms with Crippen LogP contribution >= 0.6 is 0 Å². The monoisotopic (exact) mass is 243 g/mol. The number of nitrogens with one attached hydrogen (secondary N) is 1. The molecule has 0 bridgehead atoms. The first-order valence-electron chi connectivity index (χ1n) is 6.00. The summed E-state index contributed by atoms with van der Waals surface area (Å²) < 4.78 is 0. The lowest BCUT2D eigenvalue weighted by Crippen LogP contribution is -2.62. The topological polar surface area (TPSA) is 89.8 Å². The SMILES string of the molecule is CC/C=C\CNC[C@]1(O)C(=O)CC[C@H](O)[C@H]1O. The van der Waals surface area contributed by atoms with Gasteiger partial charge in [-0.2, -0.15) is 0 Å². The Bertz CT molecular complexity index is 292. The van der Waals surface area contributed by atoms with E-state index in [2.05, 4.69) is 5.32 Å².